The van der Waals surface area contributed by atoms with Gasteiger partial charge in [0.25, 0.3) is 0 Å². The smallest absolute Gasteiger partial charge is 0.337 e. The fourth-order valence-electron chi connectivity index (χ4n) is 3.01. The molecule has 1 saturated carbocycles. The summed E-state index contributed by atoms with van der Waals surface area (Å²) in [5, 5.41) is 9.38. The van der Waals surface area contributed by atoms with E-state index in [4.69, 9.17) is 4.98 Å². The molecule has 1 heterocycles. The summed E-state index contributed by atoms with van der Waals surface area (Å²) in [6.45, 7) is 7.34. The minimum atomic E-state index is -0.908. The monoisotopic (exact) mass is 286 g/mol. The van der Waals surface area contributed by atoms with Gasteiger partial charge in [0.15, 0.2) is 0 Å². The summed E-state index contributed by atoms with van der Waals surface area (Å²) >= 11 is 0. The van der Waals surface area contributed by atoms with E-state index in [0.717, 1.165) is 17.9 Å². The van der Waals surface area contributed by atoms with Gasteiger partial charge in [-0.2, -0.15) is 0 Å². The molecule has 0 spiro atoms. The lowest BCUT2D eigenvalue weighted by molar-refractivity contribution is 0.0699. The number of fused-ring (bicyclic) bond motifs is 1. The molecule has 1 fully saturated rings. The van der Waals surface area contributed by atoms with Gasteiger partial charge in [0.05, 0.1) is 11.1 Å². The summed E-state index contributed by atoms with van der Waals surface area (Å²) in [6, 6.07) is 5.44. The van der Waals surface area contributed by atoms with Crippen LogP contribution in [0.2, 0.25) is 0 Å². The third-order valence-corrected chi connectivity index (χ3v) is 4.35. The van der Waals surface area contributed by atoms with E-state index >= 15 is 0 Å². The molecule has 1 aromatic carbocycles. The van der Waals surface area contributed by atoms with Crippen LogP contribution in [-0.2, 0) is 12.0 Å². The molecule has 21 heavy (non-hydrogen) atoms. The number of aromatic nitrogens is 2. The van der Waals surface area contributed by atoms with Gasteiger partial charge in [-0.1, -0.05) is 33.3 Å². The Bertz CT molecular complexity index is 691. The van der Waals surface area contributed by atoms with Crippen LogP contribution in [0.5, 0.6) is 0 Å². The van der Waals surface area contributed by atoms with Crippen LogP contribution < -0.4 is 0 Å². The van der Waals surface area contributed by atoms with Gasteiger partial charge in [-0.15, -0.1) is 0 Å². The molecule has 0 saturated heterocycles. The standard InChI is InChI=1S/C17H22N2O2/c1-17(2,3)16-18-14-12(15(20)21)8-5-9-13(14)19(16)10-11-6-4-7-11/h5,8-9,11H,4,6-7,10H2,1-3H3,(H,20,21). The molecule has 4 heteroatoms. The van der Waals surface area contributed by atoms with Crippen LogP contribution in [0.25, 0.3) is 11.0 Å². The van der Waals surface area contributed by atoms with Crippen molar-refractivity contribution in [2.45, 2.75) is 52.0 Å². The van der Waals surface area contributed by atoms with Crippen LogP contribution in [0.3, 0.4) is 0 Å². The number of imidazole rings is 1. The van der Waals surface area contributed by atoms with Crippen molar-refractivity contribution in [1.82, 2.24) is 9.55 Å². The zero-order valence-corrected chi connectivity index (χ0v) is 12.9. The molecule has 3 rings (SSSR count). The highest BCUT2D eigenvalue weighted by Crippen LogP contribution is 2.33. The molecule has 4 nitrogen and oxygen atoms in total. The van der Waals surface area contributed by atoms with Gasteiger partial charge in [-0.05, 0) is 30.9 Å². The Hall–Kier alpha value is -1.84. The van der Waals surface area contributed by atoms with Crippen molar-refractivity contribution in [2.24, 2.45) is 5.92 Å². The van der Waals surface area contributed by atoms with Crippen LogP contribution >= 0.6 is 0 Å². The van der Waals surface area contributed by atoms with Crippen LogP contribution in [0.4, 0.5) is 0 Å². The number of carbonyl (C=O) groups is 1. The second-order valence-electron chi connectivity index (χ2n) is 7.07. The van der Waals surface area contributed by atoms with E-state index < -0.39 is 5.97 Å². The lowest BCUT2D eigenvalue weighted by Gasteiger charge is -2.29. The first kappa shape index (κ1) is 14.1. The van der Waals surface area contributed by atoms with Crippen LogP contribution in [0, 0.1) is 5.92 Å². The van der Waals surface area contributed by atoms with Gasteiger partial charge in [-0.3, -0.25) is 0 Å². The van der Waals surface area contributed by atoms with Gasteiger partial charge < -0.3 is 9.67 Å². The summed E-state index contributed by atoms with van der Waals surface area (Å²) in [5.41, 5.74) is 1.77. The minimum Gasteiger partial charge on any atom is -0.478 e. The Morgan fingerprint density at radius 1 is 1.38 bits per heavy atom. The Balaban J connectivity index is 2.20. The second kappa shape index (κ2) is 4.86. The number of nitrogens with zero attached hydrogens (tertiary/aromatic N) is 2. The molecule has 0 unspecified atom stereocenters. The molecule has 0 amide bonds. The number of hydrogen-bond acceptors (Lipinski definition) is 2. The molecule has 0 bridgehead atoms. The van der Waals surface area contributed by atoms with Gasteiger partial charge >= 0.3 is 5.97 Å². The van der Waals surface area contributed by atoms with E-state index in [1.165, 1.54) is 19.3 Å². The highest BCUT2D eigenvalue weighted by molar-refractivity contribution is 6.01. The van der Waals surface area contributed by atoms with Crippen LogP contribution in [0.1, 0.15) is 56.2 Å². The van der Waals surface area contributed by atoms with Gasteiger partial charge in [0.1, 0.15) is 11.3 Å². The Morgan fingerprint density at radius 3 is 2.62 bits per heavy atom. The first-order valence-corrected chi connectivity index (χ1v) is 7.61. The SMILES string of the molecule is CC(C)(C)c1nc2c(C(=O)O)cccc2n1CC1CCC1. The Labute approximate surface area is 124 Å². The van der Waals surface area contributed by atoms with Crippen molar-refractivity contribution >= 4 is 17.0 Å². The van der Waals surface area contributed by atoms with Crippen LogP contribution in [-0.4, -0.2) is 20.6 Å². The fraction of sp³-hybridized carbons (Fsp3) is 0.529. The lowest BCUT2D eigenvalue weighted by atomic mass is 9.85. The first-order chi connectivity index (χ1) is 9.88. The fourth-order valence-corrected chi connectivity index (χ4v) is 3.01. The number of hydrogen-bond donors (Lipinski definition) is 1. The highest BCUT2D eigenvalue weighted by atomic mass is 16.4. The Morgan fingerprint density at radius 2 is 2.10 bits per heavy atom. The molecule has 0 aliphatic heterocycles. The summed E-state index contributed by atoms with van der Waals surface area (Å²) in [4.78, 5) is 16.1. The van der Waals surface area contributed by atoms with E-state index in [1.807, 2.05) is 12.1 Å². The molecule has 112 valence electrons. The maximum Gasteiger partial charge on any atom is 0.337 e. The normalized spacial score (nSPS) is 16.1. The third kappa shape index (κ3) is 2.43. The maximum absolute atomic E-state index is 11.4. The first-order valence-electron chi connectivity index (χ1n) is 7.61. The molecule has 0 radical (unpaired) electrons. The quantitative estimate of drug-likeness (QED) is 0.933. The minimum absolute atomic E-state index is 0.0987. The average Bonchev–Trinajstić information content (AvgIpc) is 2.71. The molecular formula is C17H22N2O2. The van der Waals surface area contributed by atoms with E-state index in [-0.39, 0.29) is 5.41 Å². The molecule has 1 aromatic heterocycles. The topological polar surface area (TPSA) is 55.1 Å². The van der Waals surface area contributed by atoms with E-state index in [2.05, 4.69) is 25.3 Å². The zero-order chi connectivity index (χ0) is 15.2. The predicted octanol–water partition coefficient (Wildman–Crippen LogP) is 3.83. The van der Waals surface area contributed by atoms with Crippen molar-refractivity contribution in [2.75, 3.05) is 0 Å². The highest BCUT2D eigenvalue weighted by Gasteiger charge is 2.27. The summed E-state index contributed by atoms with van der Waals surface area (Å²) in [7, 11) is 0. The molecule has 2 aromatic rings. The van der Waals surface area contributed by atoms with Crippen molar-refractivity contribution in [3.05, 3.63) is 29.6 Å². The maximum atomic E-state index is 11.4. The number of carboxylic acids is 1. The summed E-state index contributed by atoms with van der Waals surface area (Å²) in [6.07, 6.45) is 3.84. The molecule has 0 atom stereocenters. The van der Waals surface area contributed by atoms with E-state index in [0.29, 0.717) is 17.0 Å². The van der Waals surface area contributed by atoms with Gasteiger partial charge in [0, 0.05) is 12.0 Å². The predicted molar refractivity (Wildman–Crippen MR) is 82.7 cm³/mol. The zero-order valence-electron chi connectivity index (χ0n) is 12.9. The van der Waals surface area contributed by atoms with Crippen molar-refractivity contribution < 1.29 is 9.90 Å². The summed E-state index contributed by atoms with van der Waals surface area (Å²) < 4.78 is 2.24. The molecule has 1 aliphatic carbocycles. The molecule has 1 aliphatic rings. The number of aromatic carboxylic acids is 1. The average molecular weight is 286 g/mol. The van der Waals surface area contributed by atoms with Gasteiger partial charge in [0.2, 0.25) is 0 Å². The Kier molecular flexibility index (Phi) is 3.27. The number of rotatable bonds is 3. The summed E-state index contributed by atoms with van der Waals surface area (Å²) in [5.74, 6) is 0.782. The number of para-hydroxylation sites is 1. The third-order valence-electron chi connectivity index (χ3n) is 4.35. The van der Waals surface area contributed by atoms with Crippen molar-refractivity contribution in [3.63, 3.8) is 0 Å². The van der Waals surface area contributed by atoms with E-state index in [1.54, 1.807) is 6.07 Å². The van der Waals surface area contributed by atoms with Crippen molar-refractivity contribution in [1.29, 1.82) is 0 Å². The van der Waals surface area contributed by atoms with Gasteiger partial charge in [-0.25, -0.2) is 9.78 Å². The largest absolute Gasteiger partial charge is 0.478 e. The number of carboxylic acid groups (broad SMARTS) is 1. The van der Waals surface area contributed by atoms with E-state index in [9.17, 15) is 9.90 Å². The molecular weight excluding hydrogens is 264 g/mol. The number of benzene rings is 1. The lowest BCUT2D eigenvalue weighted by Crippen LogP contribution is -2.24. The molecule has 1 N–H and O–H groups in total. The van der Waals surface area contributed by atoms with Crippen molar-refractivity contribution in [3.8, 4) is 0 Å². The second-order valence-corrected chi connectivity index (χ2v) is 7.07. The van der Waals surface area contributed by atoms with Crippen LogP contribution in [0.15, 0.2) is 18.2 Å².